The summed E-state index contributed by atoms with van der Waals surface area (Å²) in [6, 6.07) is 25.7. The van der Waals surface area contributed by atoms with Crippen molar-refractivity contribution in [3.8, 4) is 11.5 Å². The Balaban J connectivity index is 1.42. The van der Waals surface area contributed by atoms with Crippen molar-refractivity contribution in [3.63, 3.8) is 0 Å². The Morgan fingerprint density at radius 3 is 2.00 bits per heavy atom. The molecule has 1 fully saturated rings. The highest BCUT2D eigenvalue weighted by Crippen LogP contribution is 2.43. The molecule has 1 aliphatic rings. The van der Waals surface area contributed by atoms with Gasteiger partial charge < -0.3 is 33.2 Å². The topological polar surface area (TPSA) is 81.7 Å². The number of rotatable bonds is 18. The summed E-state index contributed by atoms with van der Waals surface area (Å²) in [5, 5.41) is 0. The first kappa shape index (κ1) is 36.3. The van der Waals surface area contributed by atoms with Crippen LogP contribution in [0.4, 0.5) is 0 Å². The summed E-state index contributed by atoms with van der Waals surface area (Å²) in [5.74, 6) is 0.0764. The summed E-state index contributed by atoms with van der Waals surface area (Å²) >= 11 is 0. The number of carbonyl (C=O) groups is 1. The molecule has 0 saturated carbocycles. The summed E-state index contributed by atoms with van der Waals surface area (Å²) in [5.41, 5.74) is 2.40. The highest BCUT2D eigenvalue weighted by Gasteiger charge is 2.55. The molecule has 4 rings (SSSR count). The number of ketones is 1. The molecule has 0 bridgehead atoms. The predicted octanol–water partition coefficient (Wildman–Crippen LogP) is 7.47. The van der Waals surface area contributed by atoms with E-state index in [1.807, 2.05) is 112 Å². The summed E-state index contributed by atoms with van der Waals surface area (Å²) < 4.78 is 41.8. The van der Waals surface area contributed by atoms with E-state index in [0.29, 0.717) is 45.7 Å². The third-order valence-corrected chi connectivity index (χ3v) is 8.70. The van der Waals surface area contributed by atoms with Crippen molar-refractivity contribution in [2.75, 3.05) is 27.9 Å². The van der Waals surface area contributed by atoms with Crippen LogP contribution in [0.5, 0.6) is 11.5 Å². The molecule has 1 heterocycles. The van der Waals surface area contributed by atoms with E-state index >= 15 is 0 Å². The van der Waals surface area contributed by atoms with E-state index in [4.69, 9.17) is 33.2 Å². The average Bonchev–Trinajstić information content (AvgIpc) is 3.10. The molecule has 1 aliphatic heterocycles. The number of benzene rings is 3. The number of Topliss-reactive ketones (excluding diaryl/α,β-unsaturated/α-hetero) is 1. The van der Waals surface area contributed by atoms with Crippen LogP contribution in [0.1, 0.15) is 56.7 Å². The van der Waals surface area contributed by atoms with E-state index in [9.17, 15) is 4.79 Å². The first-order valence-electron chi connectivity index (χ1n) is 16.2. The van der Waals surface area contributed by atoms with Crippen molar-refractivity contribution in [3.05, 3.63) is 108 Å². The molecular weight excluding hydrogens is 596 g/mol. The molecule has 8 heteroatoms. The zero-order valence-corrected chi connectivity index (χ0v) is 28.6. The van der Waals surface area contributed by atoms with Crippen LogP contribution in [0.25, 0.3) is 0 Å². The van der Waals surface area contributed by atoms with E-state index in [2.05, 4.69) is 0 Å². The van der Waals surface area contributed by atoms with Crippen molar-refractivity contribution in [2.24, 2.45) is 5.41 Å². The molecular formula is C39H50O8. The number of methoxy groups -OCH3 is 3. The fourth-order valence-electron chi connectivity index (χ4n) is 5.83. The Labute approximate surface area is 279 Å². The molecule has 0 radical (unpaired) electrons. The molecule has 47 heavy (non-hydrogen) atoms. The standard InChI is InChI=1S/C39H50O8/c1-29(45-27-30-11-8-7-9-12-30)36(46-28-32-15-19-34(42-5)20-16-32)25-35-21-22-37(40)39(43-6,47-35)38(2,3)23-10-24-44-26-31-13-17-33(41-4)18-14-31/h7-20,23,29,35-36H,21-22,24-28H2,1-6H3/b23-10+/t29-,35?,36-,39+/m0/s1. The number of ether oxygens (including phenoxy) is 7. The lowest BCUT2D eigenvalue weighted by molar-refractivity contribution is -0.286. The van der Waals surface area contributed by atoms with Crippen LogP contribution in [-0.2, 0) is 48.3 Å². The molecule has 3 aromatic rings. The molecule has 4 atom stereocenters. The molecule has 1 saturated heterocycles. The van der Waals surface area contributed by atoms with Crippen molar-refractivity contribution >= 4 is 5.78 Å². The number of hydrogen-bond acceptors (Lipinski definition) is 8. The quantitative estimate of drug-likeness (QED) is 0.104. The Hall–Kier alpha value is -3.53. The average molecular weight is 647 g/mol. The van der Waals surface area contributed by atoms with Gasteiger partial charge in [-0.15, -0.1) is 0 Å². The van der Waals surface area contributed by atoms with Crippen LogP contribution >= 0.6 is 0 Å². The molecule has 0 spiro atoms. The van der Waals surface area contributed by atoms with E-state index in [1.54, 1.807) is 21.3 Å². The first-order valence-corrected chi connectivity index (χ1v) is 16.2. The Morgan fingerprint density at radius 2 is 1.40 bits per heavy atom. The zero-order valence-electron chi connectivity index (χ0n) is 28.6. The van der Waals surface area contributed by atoms with Crippen LogP contribution in [0, 0.1) is 5.41 Å². The van der Waals surface area contributed by atoms with Crippen molar-refractivity contribution in [1.29, 1.82) is 0 Å². The molecule has 0 N–H and O–H groups in total. The maximum atomic E-state index is 13.5. The molecule has 1 unspecified atom stereocenters. The molecule has 0 aromatic heterocycles. The van der Waals surface area contributed by atoms with Crippen LogP contribution in [0.2, 0.25) is 0 Å². The second-order valence-electron chi connectivity index (χ2n) is 12.4. The minimum absolute atomic E-state index is 0.0749. The van der Waals surface area contributed by atoms with Gasteiger partial charge in [0.25, 0.3) is 0 Å². The molecule has 0 aliphatic carbocycles. The monoisotopic (exact) mass is 646 g/mol. The van der Waals surface area contributed by atoms with Crippen molar-refractivity contribution < 1.29 is 38.0 Å². The van der Waals surface area contributed by atoms with Gasteiger partial charge in [0.2, 0.25) is 5.79 Å². The highest BCUT2D eigenvalue weighted by atomic mass is 16.7. The van der Waals surface area contributed by atoms with Gasteiger partial charge in [0, 0.05) is 25.4 Å². The van der Waals surface area contributed by atoms with Gasteiger partial charge in [0.15, 0.2) is 5.78 Å². The zero-order chi connectivity index (χ0) is 33.7. The Morgan fingerprint density at radius 1 is 0.830 bits per heavy atom. The largest absolute Gasteiger partial charge is 0.497 e. The van der Waals surface area contributed by atoms with Crippen LogP contribution in [0.15, 0.2) is 91.0 Å². The minimum atomic E-state index is -1.45. The SMILES string of the molecule is COc1ccc(COC/C=C/C(C)(C)[C@]2(OC)OC(C[C@H](OCc3ccc(OC)cc3)[C@H](C)OCc3ccccc3)CCC2=O)cc1. The van der Waals surface area contributed by atoms with Gasteiger partial charge in [0.1, 0.15) is 11.5 Å². The second-order valence-corrected chi connectivity index (χ2v) is 12.4. The molecule has 0 amide bonds. The van der Waals surface area contributed by atoms with Crippen molar-refractivity contribution in [1.82, 2.24) is 0 Å². The van der Waals surface area contributed by atoms with E-state index in [1.165, 1.54) is 0 Å². The Kier molecular flexibility index (Phi) is 13.6. The van der Waals surface area contributed by atoms with Crippen LogP contribution in [-0.4, -0.2) is 57.8 Å². The van der Waals surface area contributed by atoms with E-state index in [0.717, 1.165) is 28.2 Å². The van der Waals surface area contributed by atoms with Gasteiger partial charge in [-0.25, -0.2) is 0 Å². The van der Waals surface area contributed by atoms with Crippen molar-refractivity contribution in [2.45, 2.75) is 84.0 Å². The van der Waals surface area contributed by atoms with Gasteiger partial charge in [-0.2, -0.15) is 0 Å². The fraction of sp³-hybridized carbons (Fsp3) is 0.462. The van der Waals surface area contributed by atoms with Gasteiger partial charge in [-0.3, -0.25) is 4.79 Å². The fourth-order valence-corrected chi connectivity index (χ4v) is 5.83. The lowest BCUT2D eigenvalue weighted by Crippen LogP contribution is -2.59. The number of carbonyl (C=O) groups excluding carboxylic acids is 1. The van der Waals surface area contributed by atoms with Gasteiger partial charge >= 0.3 is 0 Å². The van der Waals surface area contributed by atoms with E-state index < -0.39 is 11.2 Å². The molecule has 254 valence electrons. The summed E-state index contributed by atoms with van der Waals surface area (Å²) in [7, 11) is 4.84. The minimum Gasteiger partial charge on any atom is -0.497 e. The number of hydrogen-bond donors (Lipinski definition) is 0. The summed E-state index contributed by atoms with van der Waals surface area (Å²) in [4.78, 5) is 13.5. The Bertz CT molecular complexity index is 1390. The maximum absolute atomic E-state index is 13.5. The first-order chi connectivity index (χ1) is 22.7. The summed E-state index contributed by atoms with van der Waals surface area (Å²) in [6.45, 7) is 7.65. The highest BCUT2D eigenvalue weighted by molar-refractivity contribution is 5.87. The van der Waals surface area contributed by atoms with Gasteiger partial charge in [0.05, 0.1) is 59.0 Å². The summed E-state index contributed by atoms with van der Waals surface area (Å²) in [6.07, 6.45) is 4.52. The second kappa shape index (κ2) is 17.6. The lowest BCUT2D eigenvalue weighted by atomic mass is 9.77. The van der Waals surface area contributed by atoms with Gasteiger partial charge in [-0.1, -0.05) is 80.6 Å². The lowest BCUT2D eigenvalue weighted by Gasteiger charge is -2.47. The smallest absolute Gasteiger partial charge is 0.237 e. The molecule has 8 nitrogen and oxygen atoms in total. The predicted molar refractivity (Wildman–Crippen MR) is 181 cm³/mol. The van der Waals surface area contributed by atoms with Crippen LogP contribution in [0.3, 0.4) is 0 Å². The maximum Gasteiger partial charge on any atom is 0.237 e. The molecule has 3 aromatic carbocycles. The van der Waals surface area contributed by atoms with Crippen LogP contribution < -0.4 is 9.47 Å². The van der Waals surface area contributed by atoms with E-state index in [-0.39, 0.29) is 24.1 Å². The third-order valence-electron chi connectivity index (χ3n) is 8.70. The normalized spacial score (nSPS) is 19.9. The van der Waals surface area contributed by atoms with Gasteiger partial charge in [-0.05, 0) is 54.3 Å². The third kappa shape index (κ3) is 9.98.